The predicted molar refractivity (Wildman–Crippen MR) is 96.7 cm³/mol. The molecule has 0 aromatic carbocycles. The monoisotopic (exact) mass is 367 g/mol. The number of amides is 1. The number of nitrogens with one attached hydrogen (secondary N) is 2. The Labute approximate surface area is 148 Å². The van der Waals surface area contributed by atoms with Gasteiger partial charge in [-0.25, -0.2) is 4.98 Å². The zero-order valence-electron chi connectivity index (χ0n) is 14.0. The van der Waals surface area contributed by atoms with E-state index in [1.165, 1.54) is 29.2 Å². The molecule has 9 heteroatoms. The van der Waals surface area contributed by atoms with Crippen molar-refractivity contribution in [3.8, 4) is 0 Å². The molecule has 0 saturated carbocycles. The van der Waals surface area contributed by atoms with Crippen molar-refractivity contribution in [3.05, 3.63) is 27.1 Å². The van der Waals surface area contributed by atoms with Crippen LogP contribution in [0.5, 0.6) is 0 Å². The first kappa shape index (κ1) is 18.6. The van der Waals surface area contributed by atoms with E-state index in [2.05, 4.69) is 32.4 Å². The lowest BCUT2D eigenvalue weighted by Gasteiger charge is -2.13. The number of rotatable bonds is 8. The number of unbranched alkanes of at least 4 members (excludes halogenated alkanes) is 1. The van der Waals surface area contributed by atoms with Gasteiger partial charge in [0.1, 0.15) is 5.01 Å². The van der Waals surface area contributed by atoms with E-state index in [4.69, 9.17) is 0 Å². The number of aromatic amines is 1. The Hall–Kier alpha value is -1.74. The molecule has 130 valence electrons. The van der Waals surface area contributed by atoms with E-state index >= 15 is 0 Å². The van der Waals surface area contributed by atoms with Crippen LogP contribution in [0.15, 0.2) is 16.0 Å². The number of hydrogen-bond donors (Lipinski definition) is 2. The quantitative estimate of drug-likeness (QED) is 0.550. The standard InChI is InChI=1S/C15H21N5O2S2/c1-4-6-7-10-8-12(21)17-14(16-10)24-11(5-2)13(22)18-15-20-19-9(3)23-15/h8,11H,4-7H2,1-3H3,(H,16,17,21)(H,18,20,22). The number of carbonyl (C=O) groups excluding carboxylic acids is 1. The summed E-state index contributed by atoms with van der Waals surface area (Å²) in [5.74, 6) is -0.166. The lowest BCUT2D eigenvalue weighted by molar-refractivity contribution is -0.115. The Bertz CT molecular complexity index is 743. The largest absolute Gasteiger partial charge is 0.301 e. The summed E-state index contributed by atoms with van der Waals surface area (Å²) in [5, 5.41) is 11.9. The molecule has 1 amide bonds. The summed E-state index contributed by atoms with van der Waals surface area (Å²) < 4.78 is 0. The molecule has 0 saturated heterocycles. The maximum Gasteiger partial charge on any atom is 0.251 e. The molecular formula is C15H21N5O2S2. The van der Waals surface area contributed by atoms with Gasteiger partial charge in [0, 0.05) is 11.8 Å². The lowest BCUT2D eigenvalue weighted by atomic mass is 10.2. The molecule has 24 heavy (non-hydrogen) atoms. The highest BCUT2D eigenvalue weighted by Gasteiger charge is 2.20. The number of hydrogen-bond acceptors (Lipinski definition) is 7. The summed E-state index contributed by atoms with van der Waals surface area (Å²) in [7, 11) is 0. The molecule has 0 fully saturated rings. The Balaban J connectivity index is 2.07. The number of aryl methyl sites for hydroxylation is 2. The first-order valence-corrected chi connectivity index (χ1v) is 9.59. The van der Waals surface area contributed by atoms with Crippen LogP contribution < -0.4 is 10.9 Å². The molecule has 0 aliphatic rings. The van der Waals surface area contributed by atoms with Crippen LogP contribution in [0.25, 0.3) is 0 Å². The normalized spacial score (nSPS) is 12.1. The molecular weight excluding hydrogens is 346 g/mol. The van der Waals surface area contributed by atoms with Crippen molar-refractivity contribution in [2.75, 3.05) is 5.32 Å². The minimum absolute atomic E-state index is 0.166. The van der Waals surface area contributed by atoms with Crippen molar-refractivity contribution in [2.45, 2.75) is 56.9 Å². The van der Waals surface area contributed by atoms with E-state index in [-0.39, 0.29) is 16.7 Å². The maximum atomic E-state index is 12.4. The van der Waals surface area contributed by atoms with Gasteiger partial charge in [-0.05, 0) is 26.2 Å². The van der Waals surface area contributed by atoms with Crippen molar-refractivity contribution in [2.24, 2.45) is 0 Å². The van der Waals surface area contributed by atoms with Gasteiger partial charge in [-0.1, -0.05) is 43.4 Å². The van der Waals surface area contributed by atoms with Gasteiger partial charge in [0.25, 0.3) is 5.56 Å². The highest BCUT2D eigenvalue weighted by molar-refractivity contribution is 8.00. The van der Waals surface area contributed by atoms with Crippen molar-refractivity contribution in [1.82, 2.24) is 20.2 Å². The van der Waals surface area contributed by atoms with Crippen LogP contribution in [0, 0.1) is 6.92 Å². The molecule has 1 atom stereocenters. The summed E-state index contributed by atoms with van der Waals surface area (Å²) in [6.45, 7) is 5.84. The van der Waals surface area contributed by atoms with E-state index < -0.39 is 0 Å². The Morgan fingerprint density at radius 2 is 2.21 bits per heavy atom. The Morgan fingerprint density at radius 1 is 1.42 bits per heavy atom. The summed E-state index contributed by atoms with van der Waals surface area (Å²) in [4.78, 5) is 31.3. The fraction of sp³-hybridized carbons (Fsp3) is 0.533. The Kier molecular flexibility index (Phi) is 6.92. The van der Waals surface area contributed by atoms with Crippen molar-refractivity contribution < 1.29 is 4.79 Å². The van der Waals surface area contributed by atoms with Gasteiger partial charge in [-0.2, -0.15) is 0 Å². The van der Waals surface area contributed by atoms with E-state index in [1.54, 1.807) is 0 Å². The van der Waals surface area contributed by atoms with Gasteiger partial charge in [0.2, 0.25) is 11.0 Å². The molecule has 2 N–H and O–H groups in total. The van der Waals surface area contributed by atoms with Crippen LogP contribution in [0.1, 0.15) is 43.8 Å². The molecule has 0 aliphatic heterocycles. The molecule has 2 rings (SSSR count). The molecule has 0 aliphatic carbocycles. The minimum atomic E-state index is -0.362. The van der Waals surface area contributed by atoms with E-state index in [0.717, 1.165) is 30.0 Å². The first-order valence-electron chi connectivity index (χ1n) is 7.89. The van der Waals surface area contributed by atoms with Gasteiger partial charge >= 0.3 is 0 Å². The third-order valence-corrected chi connectivity index (χ3v) is 5.24. The molecule has 1 unspecified atom stereocenters. The van der Waals surface area contributed by atoms with Crippen LogP contribution in [-0.4, -0.2) is 31.3 Å². The Morgan fingerprint density at radius 3 is 2.83 bits per heavy atom. The van der Waals surface area contributed by atoms with Crippen LogP contribution in [-0.2, 0) is 11.2 Å². The number of anilines is 1. The average molecular weight is 368 g/mol. The van der Waals surface area contributed by atoms with E-state index in [1.807, 2.05) is 13.8 Å². The van der Waals surface area contributed by atoms with Crippen molar-refractivity contribution in [3.63, 3.8) is 0 Å². The third kappa shape index (κ3) is 5.41. The molecule has 2 aromatic rings. The van der Waals surface area contributed by atoms with Gasteiger partial charge in [0.15, 0.2) is 5.16 Å². The smallest absolute Gasteiger partial charge is 0.251 e. The van der Waals surface area contributed by atoms with Gasteiger partial charge in [0.05, 0.1) is 5.25 Å². The highest BCUT2D eigenvalue weighted by Crippen LogP contribution is 2.24. The van der Waals surface area contributed by atoms with Gasteiger partial charge in [-0.3, -0.25) is 14.9 Å². The van der Waals surface area contributed by atoms with Gasteiger partial charge < -0.3 is 4.98 Å². The molecule has 2 heterocycles. The van der Waals surface area contributed by atoms with Crippen LogP contribution in [0.4, 0.5) is 5.13 Å². The average Bonchev–Trinajstić information content (AvgIpc) is 2.95. The number of H-pyrrole nitrogens is 1. The highest BCUT2D eigenvalue weighted by atomic mass is 32.2. The number of carbonyl (C=O) groups is 1. The van der Waals surface area contributed by atoms with Crippen molar-refractivity contribution in [1.29, 1.82) is 0 Å². The molecule has 0 bridgehead atoms. The summed E-state index contributed by atoms with van der Waals surface area (Å²) in [5.41, 5.74) is 0.576. The lowest BCUT2D eigenvalue weighted by Crippen LogP contribution is -2.25. The second-order valence-electron chi connectivity index (χ2n) is 5.28. The predicted octanol–water partition coefficient (Wildman–Crippen LogP) is 2.78. The minimum Gasteiger partial charge on any atom is -0.301 e. The fourth-order valence-electron chi connectivity index (χ4n) is 2.02. The summed E-state index contributed by atoms with van der Waals surface area (Å²) in [6.07, 6.45) is 3.39. The fourth-order valence-corrected chi connectivity index (χ4v) is 3.54. The molecule has 0 radical (unpaired) electrons. The molecule has 0 spiro atoms. The summed E-state index contributed by atoms with van der Waals surface area (Å²) >= 11 is 2.59. The van der Waals surface area contributed by atoms with Crippen molar-refractivity contribution >= 4 is 34.1 Å². The van der Waals surface area contributed by atoms with Gasteiger partial charge in [-0.15, -0.1) is 10.2 Å². The second kappa shape index (κ2) is 8.93. The topological polar surface area (TPSA) is 101 Å². The molecule has 2 aromatic heterocycles. The van der Waals surface area contributed by atoms with Crippen LogP contribution in [0.2, 0.25) is 0 Å². The maximum absolute atomic E-state index is 12.4. The SMILES string of the molecule is CCCCc1cc(=O)[nH]c(SC(CC)C(=O)Nc2nnc(C)s2)n1. The molecule has 7 nitrogen and oxygen atoms in total. The van der Waals surface area contributed by atoms with E-state index in [9.17, 15) is 9.59 Å². The van der Waals surface area contributed by atoms with Crippen LogP contribution in [0.3, 0.4) is 0 Å². The second-order valence-corrected chi connectivity index (χ2v) is 7.65. The first-order chi connectivity index (χ1) is 11.5. The third-order valence-electron chi connectivity index (χ3n) is 3.23. The summed E-state index contributed by atoms with van der Waals surface area (Å²) in [6, 6.07) is 1.52. The number of thioether (sulfide) groups is 1. The zero-order chi connectivity index (χ0) is 17.5. The number of aromatic nitrogens is 4. The number of nitrogens with zero attached hydrogens (tertiary/aromatic N) is 3. The van der Waals surface area contributed by atoms with Crippen LogP contribution >= 0.6 is 23.1 Å². The van der Waals surface area contributed by atoms with E-state index in [0.29, 0.717) is 16.7 Å². The zero-order valence-corrected chi connectivity index (χ0v) is 15.6.